The highest BCUT2D eigenvalue weighted by atomic mass is 16.5. The summed E-state index contributed by atoms with van der Waals surface area (Å²) in [5, 5.41) is 8.46. The van der Waals surface area contributed by atoms with Crippen LogP contribution in [0.1, 0.15) is 19.3 Å². The van der Waals surface area contributed by atoms with Gasteiger partial charge in [-0.25, -0.2) is 5.48 Å². The van der Waals surface area contributed by atoms with E-state index >= 15 is 0 Å². The highest BCUT2D eigenvalue weighted by molar-refractivity contribution is 4.74. The minimum absolute atomic E-state index is 0.541. The van der Waals surface area contributed by atoms with E-state index in [1.165, 1.54) is 25.8 Å². The zero-order chi connectivity index (χ0) is 7.40. The fraction of sp³-hybridized carbons (Fsp3) is 1.00. The largest absolute Gasteiger partial charge is 0.317 e. The summed E-state index contributed by atoms with van der Waals surface area (Å²) in [6, 6.07) is 0.541. The lowest BCUT2D eigenvalue weighted by Crippen LogP contribution is -2.42. The molecular weight excluding hydrogens is 128 g/mol. The lowest BCUT2D eigenvalue weighted by Gasteiger charge is -2.31. The molecule has 1 saturated heterocycles. The predicted octanol–water partition coefficient (Wildman–Crippen LogP) is 0.450. The summed E-state index contributed by atoms with van der Waals surface area (Å²) in [5.41, 5.74) is 2.23. The molecule has 0 amide bonds. The second-order valence-electron chi connectivity index (χ2n) is 2.99. The summed E-state index contributed by atoms with van der Waals surface area (Å²) in [6.45, 7) is 1.88. The number of likely N-dealkylation sites (tertiary alicyclic amines) is 1. The van der Waals surface area contributed by atoms with Gasteiger partial charge >= 0.3 is 0 Å². The van der Waals surface area contributed by atoms with E-state index in [-0.39, 0.29) is 0 Å². The molecule has 2 N–H and O–H groups in total. The standard InChI is InChI=1S/C7H16N2O/c1-9-5-3-2-4-7(9)6-8-10/h7-8,10H,2-6H2,1H3. The van der Waals surface area contributed by atoms with Crippen molar-refractivity contribution in [1.29, 1.82) is 0 Å². The molecule has 0 aliphatic carbocycles. The fourth-order valence-corrected chi connectivity index (χ4v) is 1.51. The van der Waals surface area contributed by atoms with Gasteiger partial charge in [0.1, 0.15) is 0 Å². The van der Waals surface area contributed by atoms with E-state index in [1.54, 1.807) is 0 Å². The van der Waals surface area contributed by atoms with Crippen LogP contribution in [0.5, 0.6) is 0 Å². The van der Waals surface area contributed by atoms with Crippen molar-refractivity contribution in [3.05, 3.63) is 0 Å². The van der Waals surface area contributed by atoms with Crippen molar-refractivity contribution in [1.82, 2.24) is 10.4 Å². The minimum Gasteiger partial charge on any atom is -0.317 e. The summed E-state index contributed by atoms with van der Waals surface area (Å²) in [7, 11) is 2.11. The van der Waals surface area contributed by atoms with Crippen LogP contribution in [0.2, 0.25) is 0 Å². The monoisotopic (exact) mass is 144 g/mol. The molecule has 3 heteroatoms. The molecule has 0 bridgehead atoms. The summed E-state index contributed by atoms with van der Waals surface area (Å²) >= 11 is 0. The number of hydroxylamine groups is 1. The highest BCUT2D eigenvalue weighted by Gasteiger charge is 2.17. The summed E-state index contributed by atoms with van der Waals surface area (Å²) in [4.78, 5) is 2.30. The number of hydrogen-bond acceptors (Lipinski definition) is 3. The third-order valence-electron chi connectivity index (χ3n) is 2.25. The van der Waals surface area contributed by atoms with Crippen LogP contribution in [-0.4, -0.2) is 36.3 Å². The Morgan fingerprint density at radius 2 is 2.40 bits per heavy atom. The van der Waals surface area contributed by atoms with Gasteiger partial charge in [0.25, 0.3) is 0 Å². The summed E-state index contributed by atoms with van der Waals surface area (Å²) in [5.74, 6) is 0. The van der Waals surface area contributed by atoms with Crippen molar-refractivity contribution in [2.45, 2.75) is 25.3 Å². The smallest absolute Gasteiger partial charge is 0.0363 e. The van der Waals surface area contributed by atoms with Gasteiger partial charge in [-0.15, -0.1) is 0 Å². The van der Waals surface area contributed by atoms with Crippen molar-refractivity contribution in [3.63, 3.8) is 0 Å². The molecule has 0 aromatic carbocycles. The van der Waals surface area contributed by atoms with Crippen molar-refractivity contribution < 1.29 is 5.21 Å². The lowest BCUT2D eigenvalue weighted by atomic mass is 10.0. The van der Waals surface area contributed by atoms with Gasteiger partial charge in [-0.2, -0.15) is 0 Å². The average molecular weight is 144 g/mol. The van der Waals surface area contributed by atoms with Crippen LogP contribution in [0.4, 0.5) is 0 Å². The Morgan fingerprint density at radius 3 is 3.00 bits per heavy atom. The molecule has 3 nitrogen and oxygen atoms in total. The van der Waals surface area contributed by atoms with Crippen LogP contribution in [-0.2, 0) is 0 Å². The normalized spacial score (nSPS) is 28.8. The Kier molecular flexibility index (Phi) is 3.12. The first-order valence-electron chi connectivity index (χ1n) is 3.92. The molecular formula is C7H16N2O. The van der Waals surface area contributed by atoms with Crippen LogP contribution in [0.25, 0.3) is 0 Å². The Bertz CT molecular complexity index is 95.6. The quantitative estimate of drug-likeness (QED) is 0.552. The number of nitrogens with zero attached hydrogens (tertiary/aromatic N) is 1. The van der Waals surface area contributed by atoms with Gasteiger partial charge in [0.2, 0.25) is 0 Å². The van der Waals surface area contributed by atoms with Crippen molar-refractivity contribution in [2.24, 2.45) is 0 Å². The van der Waals surface area contributed by atoms with E-state index in [1.807, 2.05) is 0 Å². The highest BCUT2D eigenvalue weighted by Crippen LogP contribution is 2.13. The van der Waals surface area contributed by atoms with Crippen LogP contribution < -0.4 is 5.48 Å². The molecule has 10 heavy (non-hydrogen) atoms. The molecule has 0 aromatic rings. The number of hydrogen-bond donors (Lipinski definition) is 2. The van der Waals surface area contributed by atoms with E-state index in [0.717, 1.165) is 0 Å². The number of nitrogens with one attached hydrogen (secondary N) is 1. The Labute approximate surface area is 62.0 Å². The molecule has 1 aliphatic heterocycles. The molecule has 1 fully saturated rings. The predicted molar refractivity (Wildman–Crippen MR) is 40.1 cm³/mol. The molecule has 1 heterocycles. The zero-order valence-corrected chi connectivity index (χ0v) is 6.51. The molecule has 1 aliphatic rings. The summed E-state index contributed by atoms with van der Waals surface area (Å²) < 4.78 is 0. The second-order valence-corrected chi connectivity index (χ2v) is 2.99. The maximum absolute atomic E-state index is 8.46. The second kappa shape index (κ2) is 3.91. The third kappa shape index (κ3) is 1.94. The first-order chi connectivity index (χ1) is 4.84. The maximum atomic E-state index is 8.46. The first-order valence-corrected chi connectivity index (χ1v) is 3.92. The fourth-order valence-electron chi connectivity index (χ4n) is 1.51. The van der Waals surface area contributed by atoms with E-state index < -0.39 is 0 Å². The minimum atomic E-state index is 0.541. The van der Waals surface area contributed by atoms with Crippen LogP contribution in [0.15, 0.2) is 0 Å². The molecule has 60 valence electrons. The number of likely N-dealkylation sites (N-methyl/N-ethyl adjacent to an activating group) is 1. The van der Waals surface area contributed by atoms with Gasteiger partial charge in [0, 0.05) is 12.6 Å². The van der Waals surface area contributed by atoms with Crippen LogP contribution >= 0.6 is 0 Å². The van der Waals surface area contributed by atoms with Gasteiger partial charge in [0.15, 0.2) is 0 Å². The van der Waals surface area contributed by atoms with Gasteiger partial charge in [0.05, 0.1) is 0 Å². The molecule has 0 aromatic heterocycles. The van der Waals surface area contributed by atoms with E-state index in [9.17, 15) is 0 Å². The van der Waals surface area contributed by atoms with Crippen molar-refractivity contribution in [2.75, 3.05) is 20.1 Å². The van der Waals surface area contributed by atoms with E-state index in [0.29, 0.717) is 12.6 Å². The van der Waals surface area contributed by atoms with Crippen molar-refractivity contribution in [3.8, 4) is 0 Å². The van der Waals surface area contributed by atoms with Gasteiger partial charge in [-0.05, 0) is 26.4 Å². The van der Waals surface area contributed by atoms with E-state index in [2.05, 4.69) is 17.4 Å². The Hall–Kier alpha value is -0.120. The molecule has 0 radical (unpaired) electrons. The van der Waals surface area contributed by atoms with Crippen molar-refractivity contribution >= 4 is 0 Å². The Balaban J connectivity index is 2.25. The summed E-state index contributed by atoms with van der Waals surface area (Å²) in [6.07, 6.45) is 3.82. The Morgan fingerprint density at radius 1 is 1.60 bits per heavy atom. The zero-order valence-electron chi connectivity index (χ0n) is 6.51. The molecule has 1 rings (SSSR count). The van der Waals surface area contributed by atoms with Gasteiger partial charge < -0.3 is 10.1 Å². The number of rotatable bonds is 2. The number of piperidine rings is 1. The van der Waals surface area contributed by atoms with Crippen LogP contribution in [0, 0.1) is 0 Å². The van der Waals surface area contributed by atoms with E-state index in [4.69, 9.17) is 5.21 Å². The molecule has 1 unspecified atom stereocenters. The van der Waals surface area contributed by atoms with Gasteiger partial charge in [-0.1, -0.05) is 6.42 Å². The SMILES string of the molecule is CN1CCCCC1CNO. The molecule has 1 atom stereocenters. The topological polar surface area (TPSA) is 35.5 Å². The molecule has 0 saturated carbocycles. The van der Waals surface area contributed by atoms with Crippen LogP contribution in [0.3, 0.4) is 0 Å². The third-order valence-corrected chi connectivity index (χ3v) is 2.25. The first kappa shape index (κ1) is 7.98. The lowest BCUT2D eigenvalue weighted by molar-refractivity contribution is 0.104. The average Bonchev–Trinajstić information content (AvgIpc) is 1.94. The molecule has 0 spiro atoms. The van der Waals surface area contributed by atoms with Gasteiger partial charge in [-0.3, -0.25) is 0 Å². The maximum Gasteiger partial charge on any atom is 0.0363 e.